The molecule has 1 aromatic rings. The number of aromatic amines is 1. The Morgan fingerprint density at radius 1 is 1.53 bits per heavy atom. The van der Waals surface area contributed by atoms with E-state index in [4.69, 9.17) is 12.2 Å². The van der Waals surface area contributed by atoms with E-state index in [0.29, 0.717) is 4.77 Å². The van der Waals surface area contributed by atoms with Gasteiger partial charge in [-0.2, -0.15) is 0 Å². The summed E-state index contributed by atoms with van der Waals surface area (Å²) in [5.41, 5.74) is 0. The quantitative estimate of drug-likeness (QED) is 0.802. The van der Waals surface area contributed by atoms with Gasteiger partial charge in [-0.05, 0) is 31.0 Å². The Labute approximate surface area is 95.3 Å². The number of nitrogens with zero attached hydrogens (tertiary/aromatic N) is 3. The van der Waals surface area contributed by atoms with Gasteiger partial charge in [0.25, 0.3) is 0 Å². The van der Waals surface area contributed by atoms with Crippen LogP contribution in [-0.2, 0) is 7.05 Å². The van der Waals surface area contributed by atoms with Crippen LogP contribution in [0.3, 0.4) is 0 Å². The Balaban J connectivity index is 2.03. The van der Waals surface area contributed by atoms with Crippen molar-refractivity contribution in [3.63, 3.8) is 0 Å². The van der Waals surface area contributed by atoms with E-state index in [9.17, 15) is 0 Å². The van der Waals surface area contributed by atoms with Crippen LogP contribution < -0.4 is 4.90 Å². The second-order valence-electron chi connectivity index (χ2n) is 4.42. The molecular formula is C10H18N4S. The summed E-state index contributed by atoms with van der Waals surface area (Å²) >= 11 is 5.09. The Morgan fingerprint density at radius 2 is 2.20 bits per heavy atom. The summed E-state index contributed by atoms with van der Waals surface area (Å²) in [6.07, 6.45) is 5.49. The van der Waals surface area contributed by atoms with E-state index in [1.807, 2.05) is 11.6 Å². The summed E-state index contributed by atoms with van der Waals surface area (Å²) in [4.78, 5) is 2.20. The number of H-pyrrole nitrogens is 1. The monoisotopic (exact) mass is 226 g/mol. The van der Waals surface area contributed by atoms with Gasteiger partial charge >= 0.3 is 0 Å². The zero-order chi connectivity index (χ0) is 10.8. The summed E-state index contributed by atoms with van der Waals surface area (Å²) in [7, 11) is 4.04. The Morgan fingerprint density at radius 3 is 2.73 bits per heavy atom. The van der Waals surface area contributed by atoms with Crippen molar-refractivity contribution in [1.82, 2.24) is 14.8 Å². The SMILES string of the molecule is CN(CC1CCCC1)c1n[nH]c(=S)n1C. The molecule has 0 spiro atoms. The average molecular weight is 226 g/mol. The van der Waals surface area contributed by atoms with Crippen LogP contribution in [0.4, 0.5) is 5.95 Å². The molecule has 1 aliphatic carbocycles. The van der Waals surface area contributed by atoms with Gasteiger partial charge in [0.1, 0.15) is 0 Å². The minimum atomic E-state index is 0.684. The molecule has 0 atom stereocenters. The van der Waals surface area contributed by atoms with Gasteiger partial charge in [-0.1, -0.05) is 12.8 Å². The second-order valence-corrected chi connectivity index (χ2v) is 4.81. The fourth-order valence-corrected chi connectivity index (χ4v) is 2.47. The normalized spacial score (nSPS) is 17.2. The standard InChI is InChI=1S/C10H18N4S/c1-13(7-8-5-3-4-6-8)9-11-12-10(15)14(9)2/h8H,3-7H2,1-2H3,(H,12,15). The fraction of sp³-hybridized carbons (Fsp3) is 0.800. The van der Waals surface area contributed by atoms with Crippen molar-refractivity contribution in [3.8, 4) is 0 Å². The van der Waals surface area contributed by atoms with E-state index in [-0.39, 0.29) is 0 Å². The first-order valence-electron chi connectivity index (χ1n) is 5.51. The summed E-state index contributed by atoms with van der Waals surface area (Å²) in [5, 5.41) is 7.05. The van der Waals surface area contributed by atoms with Crippen molar-refractivity contribution in [2.75, 3.05) is 18.5 Å². The molecule has 0 radical (unpaired) electrons. The molecule has 1 N–H and O–H groups in total. The molecule has 1 aromatic heterocycles. The minimum Gasteiger partial charge on any atom is -0.344 e. The van der Waals surface area contributed by atoms with Crippen molar-refractivity contribution in [1.29, 1.82) is 0 Å². The maximum Gasteiger partial charge on any atom is 0.225 e. The molecule has 0 aliphatic heterocycles. The Hall–Kier alpha value is -0.840. The molecule has 0 aromatic carbocycles. The lowest BCUT2D eigenvalue weighted by molar-refractivity contribution is 0.539. The molecule has 5 heteroatoms. The van der Waals surface area contributed by atoms with Gasteiger partial charge in [0.15, 0.2) is 4.77 Å². The number of anilines is 1. The van der Waals surface area contributed by atoms with Crippen molar-refractivity contribution in [2.45, 2.75) is 25.7 Å². The Bertz CT molecular complexity index is 375. The van der Waals surface area contributed by atoms with Gasteiger partial charge in [0.05, 0.1) is 0 Å². The third kappa shape index (κ3) is 2.22. The van der Waals surface area contributed by atoms with Crippen LogP contribution in [0.15, 0.2) is 0 Å². The predicted octanol–water partition coefficient (Wildman–Crippen LogP) is 2.10. The molecule has 2 rings (SSSR count). The molecule has 0 bridgehead atoms. The fourth-order valence-electron chi connectivity index (χ4n) is 2.34. The molecule has 1 heterocycles. The van der Waals surface area contributed by atoms with Crippen LogP contribution in [0.1, 0.15) is 25.7 Å². The van der Waals surface area contributed by atoms with Gasteiger partial charge < -0.3 is 4.90 Å². The molecule has 84 valence electrons. The Kier molecular flexibility index (Phi) is 3.09. The lowest BCUT2D eigenvalue weighted by atomic mass is 10.1. The van der Waals surface area contributed by atoms with Gasteiger partial charge in [0.2, 0.25) is 5.95 Å². The molecule has 15 heavy (non-hydrogen) atoms. The first-order valence-corrected chi connectivity index (χ1v) is 5.92. The van der Waals surface area contributed by atoms with Crippen LogP contribution in [0.2, 0.25) is 0 Å². The zero-order valence-corrected chi connectivity index (χ0v) is 10.2. The smallest absolute Gasteiger partial charge is 0.225 e. The highest BCUT2D eigenvalue weighted by Crippen LogP contribution is 2.26. The maximum atomic E-state index is 5.09. The summed E-state index contributed by atoms with van der Waals surface area (Å²) in [5.74, 6) is 1.77. The molecule has 0 unspecified atom stereocenters. The van der Waals surface area contributed by atoms with Crippen molar-refractivity contribution >= 4 is 18.2 Å². The zero-order valence-electron chi connectivity index (χ0n) is 9.36. The number of hydrogen-bond acceptors (Lipinski definition) is 3. The van der Waals surface area contributed by atoms with E-state index >= 15 is 0 Å². The second kappa shape index (κ2) is 4.35. The van der Waals surface area contributed by atoms with Gasteiger partial charge in [-0.15, -0.1) is 5.10 Å². The van der Waals surface area contributed by atoms with Crippen LogP contribution in [-0.4, -0.2) is 28.4 Å². The van der Waals surface area contributed by atoms with E-state index in [0.717, 1.165) is 18.4 Å². The van der Waals surface area contributed by atoms with Crippen molar-refractivity contribution in [2.24, 2.45) is 13.0 Å². The largest absolute Gasteiger partial charge is 0.344 e. The highest BCUT2D eigenvalue weighted by Gasteiger charge is 2.18. The molecular weight excluding hydrogens is 208 g/mol. The van der Waals surface area contributed by atoms with E-state index in [1.165, 1.54) is 25.7 Å². The van der Waals surface area contributed by atoms with Crippen LogP contribution in [0, 0.1) is 10.7 Å². The number of aromatic nitrogens is 3. The number of hydrogen-bond donors (Lipinski definition) is 1. The summed E-state index contributed by atoms with van der Waals surface area (Å²) < 4.78 is 2.60. The number of nitrogens with one attached hydrogen (secondary N) is 1. The van der Waals surface area contributed by atoms with Gasteiger partial charge in [-0.25, -0.2) is 5.10 Å². The number of rotatable bonds is 3. The first kappa shape index (κ1) is 10.7. The van der Waals surface area contributed by atoms with Gasteiger partial charge in [-0.3, -0.25) is 4.57 Å². The molecule has 1 aliphatic rings. The minimum absolute atomic E-state index is 0.684. The van der Waals surface area contributed by atoms with E-state index in [1.54, 1.807) is 0 Å². The highest BCUT2D eigenvalue weighted by atomic mass is 32.1. The van der Waals surface area contributed by atoms with Crippen LogP contribution in [0.5, 0.6) is 0 Å². The molecule has 0 amide bonds. The maximum absolute atomic E-state index is 5.09. The van der Waals surface area contributed by atoms with Crippen molar-refractivity contribution < 1.29 is 0 Å². The predicted molar refractivity (Wildman–Crippen MR) is 63.6 cm³/mol. The lowest BCUT2D eigenvalue weighted by Gasteiger charge is -2.21. The molecule has 0 saturated heterocycles. The van der Waals surface area contributed by atoms with Crippen LogP contribution >= 0.6 is 12.2 Å². The third-order valence-corrected chi connectivity index (χ3v) is 3.57. The summed E-state index contributed by atoms with van der Waals surface area (Å²) in [6.45, 7) is 1.09. The average Bonchev–Trinajstić information content (AvgIpc) is 2.79. The lowest BCUT2D eigenvalue weighted by Crippen LogP contribution is -2.26. The summed E-state index contributed by atoms with van der Waals surface area (Å²) in [6, 6.07) is 0. The topological polar surface area (TPSA) is 36.9 Å². The molecule has 4 nitrogen and oxygen atoms in total. The molecule has 1 fully saturated rings. The molecule has 1 saturated carbocycles. The highest BCUT2D eigenvalue weighted by molar-refractivity contribution is 7.71. The van der Waals surface area contributed by atoms with Gasteiger partial charge in [0, 0.05) is 20.6 Å². The van der Waals surface area contributed by atoms with E-state index in [2.05, 4.69) is 22.1 Å². The van der Waals surface area contributed by atoms with E-state index < -0.39 is 0 Å². The van der Waals surface area contributed by atoms with Crippen LogP contribution in [0.25, 0.3) is 0 Å². The van der Waals surface area contributed by atoms with Crippen molar-refractivity contribution in [3.05, 3.63) is 4.77 Å². The first-order chi connectivity index (χ1) is 7.18. The third-order valence-electron chi connectivity index (χ3n) is 3.20.